The summed E-state index contributed by atoms with van der Waals surface area (Å²) in [5.41, 5.74) is 2.29. The highest BCUT2D eigenvalue weighted by Crippen LogP contribution is 2.21. The fraction of sp³-hybridized carbons (Fsp3) is 0.304. The molecule has 0 radical (unpaired) electrons. The van der Waals surface area contributed by atoms with Crippen molar-refractivity contribution in [3.8, 4) is 0 Å². The second-order valence-electron chi connectivity index (χ2n) is 7.10. The molecule has 3 rings (SSSR count). The van der Waals surface area contributed by atoms with Crippen LogP contribution < -0.4 is 10.6 Å². The van der Waals surface area contributed by atoms with E-state index in [1.807, 2.05) is 29.2 Å². The Bertz CT molecular complexity index is 816. The predicted octanol–water partition coefficient (Wildman–Crippen LogP) is 3.25. The molecule has 0 bridgehead atoms. The molecule has 0 saturated heterocycles. The zero-order chi connectivity index (χ0) is 19.8. The molecular weight excluding hydrogens is 350 g/mol. The molecule has 2 aromatic rings. The lowest BCUT2D eigenvalue weighted by atomic mass is 10.1. The Balaban J connectivity index is 1.58. The molecule has 0 unspecified atom stereocenters. The molecule has 0 aliphatic heterocycles. The molecule has 1 aliphatic rings. The number of benzene rings is 2. The van der Waals surface area contributed by atoms with Gasteiger partial charge in [0.05, 0.1) is 17.8 Å². The SMILES string of the molecule is C=CCN(CCc1ccccc1)CC(=O)Nc1ccccc1C(=O)NC1CC1. The van der Waals surface area contributed by atoms with Crippen LogP contribution in [0.3, 0.4) is 0 Å². The highest BCUT2D eigenvalue weighted by Gasteiger charge is 2.25. The van der Waals surface area contributed by atoms with Gasteiger partial charge in [-0.2, -0.15) is 0 Å². The molecule has 0 heterocycles. The van der Waals surface area contributed by atoms with Crippen LogP contribution in [0.15, 0.2) is 67.3 Å². The van der Waals surface area contributed by atoms with E-state index in [1.54, 1.807) is 24.3 Å². The summed E-state index contributed by atoms with van der Waals surface area (Å²) in [6.07, 6.45) is 4.72. The van der Waals surface area contributed by atoms with Gasteiger partial charge in [0.15, 0.2) is 0 Å². The van der Waals surface area contributed by atoms with Gasteiger partial charge in [0.1, 0.15) is 0 Å². The predicted molar refractivity (Wildman–Crippen MR) is 112 cm³/mol. The zero-order valence-electron chi connectivity index (χ0n) is 16.1. The summed E-state index contributed by atoms with van der Waals surface area (Å²) in [4.78, 5) is 27.0. The van der Waals surface area contributed by atoms with Crippen LogP contribution in [0, 0.1) is 0 Å². The third-order valence-corrected chi connectivity index (χ3v) is 4.67. The number of carbonyl (C=O) groups excluding carboxylic acids is 2. The van der Waals surface area contributed by atoms with E-state index >= 15 is 0 Å². The van der Waals surface area contributed by atoms with E-state index in [0.717, 1.165) is 25.8 Å². The number of amides is 2. The molecule has 0 atom stereocenters. The smallest absolute Gasteiger partial charge is 0.253 e. The van der Waals surface area contributed by atoms with E-state index in [2.05, 4.69) is 29.3 Å². The van der Waals surface area contributed by atoms with Crippen molar-refractivity contribution in [2.45, 2.75) is 25.3 Å². The van der Waals surface area contributed by atoms with Gasteiger partial charge in [-0.05, 0) is 37.0 Å². The maximum atomic E-state index is 12.6. The zero-order valence-corrected chi connectivity index (χ0v) is 16.1. The van der Waals surface area contributed by atoms with Gasteiger partial charge in [0.25, 0.3) is 5.91 Å². The number of hydrogen-bond acceptors (Lipinski definition) is 3. The van der Waals surface area contributed by atoms with Crippen molar-refractivity contribution in [1.82, 2.24) is 10.2 Å². The summed E-state index contributed by atoms with van der Waals surface area (Å²) in [5, 5.41) is 5.87. The molecular formula is C23H27N3O2. The van der Waals surface area contributed by atoms with Crippen LogP contribution in [-0.2, 0) is 11.2 Å². The number of hydrogen-bond donors (Lipinski definition) is 2. The number of para-hydroxylation sites is 1. The van der Waals surface area contributed by atoms with E-state index in [1.165, 1.54) is 5.56 Å². The lowest BCUT2D eigenvalue weighted by Crippen LogP contribution is -2.35. The highest BCUT2D eigenvalue weighted by molar-refractivity contribution is 6.04. The molecule has 1 saturated carbocycles. The Morgan fingerprint density at radius 3 is 2.50 bits per heavy atom. The average molecular weight is 377 g/mol. The van der Waals surface area contributed by atoms with E-state index in [-0.39, 0.29) is 24.4 Å². The van der Waals surface area contributed by atoms with Crippen LogP contribution in [0.4, 0.5) is 5.69 Å². The normalized spacial score (nSPS) is 13.2. The first-order chi connectivity index (χ1) is 13.7. The van der Waals surface area contributed by atoms with Gasteiger partial charge in [-0.25, -0.2) is 0 Å². The summed E-state index contributed by atoms with van der Waals surface area (Å²) in [7, 11) is 0. The van der Waals surface area contributed by atoms with Crippen LogP contribution >= 0.6 is 0 Å². The summed E-state index contributed by atoms with van der Waals surface area (Å²) >= 11 is 0. The third-order valence-electron chi connectivity index (χ3n) is 4.67. The quantitative estimate of drug-likeness (QED) is 0.625. The van der Waals surface area contributed by atoms with E-state index in [9.17, 15) is 9.59 Å². The number of anilines is 1. The van der Waals surface area contributed by atoms with Crippen LogP contribution in [-0.4, -0.2) is 42.4 Å². The molecule has 1 aliphatic carbocycles. The fourth-order valence-electron chi connectivity index (χ4n) is 3.02. The Morgan fingerprint density at radius 1 is 1.07 bits per heavy atom. The van der Waals surface area contributed by atoms with Crippen molar-refractivity contribution in [3.63, 3.8) is 0 Å². The van der Waals surface area contributed by atoms with Crippen LogP contribution in [0.2, 0.25) is 0 Å². The molecule has 0 aromatic heterocycles. The van der Waals surface area contributed by atoms with Gasteiger partial charge in [-0.1, -0.05) is 48.5 Å². The molecule has 2 N–H and O–H groups in total. The Kier molecular flexibility index (Phi) is 6.98. The lowest BCUT2D eigenvalue weighted by molar-refractivity contribution is -0.117. The summed E-state index contributed by atoms with van der Waals surface area (Å²) < 4.78 is 0. The highest BCUT2D eigenvalue weighted by atomic mass is 16.2. The largest absolute Gasteiger partial charge is 0.349 e. The summed E-state index contributed by atoms with van der Waals surface area (Å²) in [6.45, 7) is 5.42. The maximum absolute atomic E-state index is 12.6. The van der Waals surface area contributed by atoms with Crippen molar-refractivity contribution >= 4 is 17.5 Å². The van der Waals surface area contributed by atoms with Gasteiger partial charge < -0.3 is 10.6 Å². The second kappa shape index (κ2) is 9.85. The average Bonchev–Trinajstić information content (AvgIpc) is 3.51. The Labute approximate surface area is 166 Å². The fourth-order valence-corrected chi connectivity index (χ4v) is 3.02. The molecule has 28 heavy (non-hydrogen) atoms. The van der Waals surface area contributed by atoms with E-state index in [4.69, 9.17) is 0 Å². The molecule has 146 valence electrons. The van der Waals surface area contributed by atoms with Crippen molar-refractivity contribution in [2.75, 3.05) is 25.0 Å². The Morgan fingerprint density at radius 2 is 1.79 bits per heavy atom. The standard InChI is InChI=1S/C23H27N3O2/c1-2-15-26(16-14-18-8-4-3-5-9-18)17-22(27)25-21-11-7-6-10-20(21)23(28)24-19-12-13-19/h2-11,19H,1,12-17H2,(H,24,28)(H,25,27). The number of nitrogens with one attached hydrogen (secondary N) is 2. The number of nitrogens with zero attached hydrogens (tertiary/aromatic N) is 1. The van der Waals surface area contributed by atoms with Gasteiger partial charge in [-0.15, -0.1) is 6.58 Å². The first-order valence-electron chi connectivity index (χ1n) is 9.72. The molecule has 5 nitrogen and oxygen atoms in total. The van der Waals surface area contributed by atoms with Crippen LogP contribution in [0.1, 0.15) is 28.8 Å². The van der Waals surface area contributed by atoms with E-state index in [0.29, 0.717) is 17.8 Å². The molecule has 2 amide bonds. The van der Waals surface area contributed by atoms with Crippen LogP contribution in [0.25, 0.3) is 0 Å². The first kappa shape index (κ1) is 19.8. The third kappa shape index (κ3) is 6.06. The molecule has 1 fully saturated rings. The molecule has 5 heteroatoms. The van der Waals surface area contributed by atoms with Crippen molar-refractivity contribution in [1.29, 1.82) is 0 Å². The molecule has 0 spiro atoms. The monoisotopic (exact) mass is 377 g/mol. The maximum Gasteiger partial charge on any atom is 0.253 e. The number of rotatable bonds is 10. The van der Waals surface area contributed by atoms with Crippen molar-refractivity contribution in [3.05, 3.63) is 78.4 Å². The minimum Gasteiger partial charge on any atom is -0.349 e. The van der Waals surface area contributed by atoms with E-state index < -0.39 is 0 Å². The Hall–Kier alpha value is -2.92. The molecule has 2 aromatic carbocycles. The van der Waals surface area contributed by atoms with Crippen LogP contribution in [0.5, 0.6) is 0 Å². The van der Waals surface area contributed by atoms with Crippen molar-refractivity contribution in [2.24, 2.45) is 0 Å². The van der Waals surface area contributed by atoms with Gasteiger partial charge >= 0.3 is 0 Å². The summed E-state index contributed by atoms with van der Waals surface area (Å²) in [6, 6.07) is 17.6. The lowest BCUT2D eigenvalue weighted by Gasteiger charge is -2.20. The van der Waals surface area contributed by atoms with Gasteiger partial charge in [-0.3, -0.25) is 14.5 Å². The summed E-state index contributed by atoms with van der Waals surface area (Å²) in [5.74, 6) is -0.271. The first-order valence-corrected chi connectivity index (χ1v) is 9.72. The minimum absolute atomic E-state index is 0.134. The van der Waals surface area contributed by atoms with Gasteiger partial charge in [0, 0.05) is 19.1 Å². The topological polar surface area (TPSA) is 61.4 Å². The van der Waals surface area contributed by atoms with Crippen molar-refractivity contribution < 1.29 is 9.59 Å². The van der Waals surface area contributed by atoms with Gasteiger partial charge in [0.2, 0.25) is 5.91 Å². The number of carbonyl (C=O) groups is 2. The second-order valence-corrected chi connectivity index (χ2v) is 7.10. The minimum atomic E-state index is -0.137.